The van der Waals surface area contributed by atoms with Crippen LogP contribution in [0.1, 0.15) is 5.69 Å². The molecule has 2 aromatic rings. The molecule has 0 radical (unpaired) electrons. The lowest BCUT2D eigenvalue weighted by Crippen LogP contribution is -2.06. The summed E-state index contributed by atoms with van der Waals surface area (Å²) in [6, 6.07) is 2.75. The van der Waals surface area contributed by atoms with Crippen LogP contribution in [0, 0.1) is 0 Å². The maximum absolute atomic E-state index is 12.3. The van der Waals surface area contributed by atoms with Crippen LogP contribution in [0.3, 0.4) is 0 Å². The number of aromatic amines is 1. The van der Waals surface area contributed by atoms with Gasteiger partial charge in [-0.25, -0.2) is 4.98 Å². The Morgan fingerprint density at radius 3 is 2.64 bits per heavy atom. The third-order valence-electron chi connectivity index (χ3n) is 1.65. The van der Waals surface area contributed by atoms with E-state index in [-0.39, 0.29) is 16.2 Å². The van der Waals surface area contributed by atoms with E-state index in [4.69, 9.17) is 11.6 Å². The molecule has 3 nitrogen and oxygen atoms in total. The molecule has 2 aromatic heterocycles. The van der Waals surface area contributed by atoms with Crippen LogP contribution >= 0.6 is 11.6 Å². The van der Waals surface area contributed by atoms with Gasteiger partial charge in [-0.3, -0.25) is 5.10 Å². The Labute approximate surface area is 80.9 Å². The largest absolute Gasteiger partial charge is 0.434 e. The molecular weight excluding hydrogens is 219 g/mol. The molecule has 74 valence electrons. The number of fused-ring (bicyclic) bond motifs is 1. The normalized spacial score (nSPS) is 12.3. The van der Waals surface area contributed by atoms with Crippen molar-refractivity contribution >= 4 is 22.6 Å². The number of aromatic nitrogens is 3. The lowest BCUT2D eigenvalue weighted by atomic mass is 10.3. The standard InChI is InChI=1S/C7H3ClF3N3/c8-4-2-1-3-5(12-4)6(14-13-3)7(9,10)11/h1-2H,(H,13,14). The van der Waals surface area contributed by atoms with Crippen LogP contribution in [0.5, 0.6) is 0 Å². The van der Waals surface area contributed by atoms with E-state index in [1.165, 1.54) is 12.1 Å². The Morgan fingerprint density at radius 1 is 1.29 bits per heavy atom. The summed E-state index contributed by atoms with van der Waals surface area (Å²) in [5, 5.41) is 5.35. The van der Waals surface area contributed by atoms with Crippen molar-refractivity contribution in [3.05, 3.63) is 23.0 Å². The van der Waals surface area contributed by atoms with Gasteiger partial charge in [0.25, 0.3) is 0 Å². The quantitative estimate of drug-likeness (QED) is 0.695. The predicted octanol–water partition coefficient (Wildman–Crippen LogP) is 2.63. The van der Waals surface area contributed by atoms with Crippen LogP contribution < -0.4 is 0 Å². The summed E-state index contributed by atoms with van der Waals surface area (Å²) in [5.41, 5.74) is -1.10. The molecule has 14 heavy (non-hydrogen) atoms. The van der Waals surface area contributed by atoms with Gasteiger partial charge in [-0.15, -0.1) is 0 Å². The Kier molecular flexibility index (Phi) is 1.88. The first-order valence-corrected chi connectivity index (χ1v) is 3.94. The van der Waals surface area contributed by atoms with Crippen molar-refractivity contribution in [1.29, 1.82) is 0 Å². The lowest BCUT2D eigenvalue weighted by Gasteiger charge is -2.01. The smallest absolute Gasteiger partial charge is 0.271 e. The predicted molar refractivity (Wildman–Crippen MR) is 43.9 cm³/mol. The second kappa shape index (κ2) is 2.84. The summed E-state index contributed by atoms with van der Waals surface area (Å²) in [6.07, 6.45) is -4.49. The highest BCUT2D eigenvalue weighted by Crippen LogP contribution is 2.32. The zero-order chi connectivity index (χ0) is 10.3. The number of nitrogens with zero attached hydrogens (tertiary/aromatic N) is 2. The van der Waals surface area contributed by atoms with E-state index in [0.29, 0.717) is 0 Å². The van der Waals surface area contributed by atoms with E-state index in [9.17, 15) is 13.2 Å². The minimum absolute atomic E-state index is 0.00407. The van der Waals surface area contributed by atoms with Gasteiger partial charge in [0.15, 0.2) is 5.69 Å². The van der Waals surface area contributed by atoms with Crippen LogP contribution in [0.2, 0.25) is 5.15 Å². The molecule has 0 atom stereocenters. The van der Waals surface area contributed by atoms with Gasteiger partial charge in [-0.2, -0.15) is 18.3 Å². The minimum Gasteiger partial charge on any atom is -0.271 e. The van der Waals surface area contributed by atoms with Crippen molar-refractivity contribution < 1.29 is 13.2 Å². The Bertz CT molecular complexity index is 476. The van der Waals surface area contributed by atoms with Crippen molar-refractivity contribution in [2.75, 3.05) is 0 Å². The van der Waals surface area contributed by atoms with Crippen LogP contribution in [0.15, 0.2) is 12.1 Å². The van der Waals surface area contributed by atoms with Crippen molar-refractivity contribution in [3.8, 4) is 0 Å². The molecule has 0 aliphatic heterocycles. The molecule has 0 aromatic carbocycles. The molecule has 0 bridgehead atoms. The maximum Gasteiger partial charge on any atom is 0.434 e. The lowest BCUT2D eigenvalue weighted by molar-refractivity contribution is -0.140. The first-order valence-electron chi connectivity index (χ1n) is 3.56. The second-order valence-corrected chi connectivity index (χ2v) is 2.99. The van der Waals surface area contributed by atoms with Crippen molar-refractivity contribution in [2.24, 2.45) is 0 Å². The molecule has 7 heteroatoms. The van der Waals surface area contributed by atoms with Gasteiger partial charge in [0.05, 0.1) is 0 Å². The average molecular weight is 222 g/mol. The molecular formula is C7H3ClF3N3. The second-order valence-electron chi connectivity index (χ2n) is 2.60. The van der Waals surface area contributed by atoms with E-state index >= 15 is 0 Å². The number of rotatable bonds is 0. The number of pyridine rings is 1. The number of nitrogens with one attached hydrogen (secondary N) is 1. The highest BCUT2D eigenvalue weighted by Gasteiger charge is 2.35. The van der Waals surface area contributed by atoms with E-state index < -0.39 is 11.9 Å². The molecule has 0 amide bonds. The minimum atomic E-state index is -4.49. The summed E-state index contributed by atoms with van der Waals surface area (Å²) in [4.78, 5) is 3.55. The molecule has 0 aliphatic rings. The van der Waals surface area contributed by atoms with Crippen LogP contribution in [0.25, 0.3) is 11.0 Å². The van der Waals surface area contributed by atoms with Crippen LogP contribution in [-0.2, 0) is 6.18 Å². The molecule has 0 unspecified atom stereocenters. The topological polar surface area (TPSA) is 41.6 Å². The Morgan fingerprint density at radius 2 is 2.00 bits per heavy atom. The summed E-state index contributed by atoms with van der Waals surface area (Å²) < 4.78 is 37.0. The van der Waals surface area contributed by atoms with E-state index in [1.54, 1.807) is 0 Å². The Hall–Kier alpha value is -1.30. The number of H-pyrrole nitrogens is 1. The van der Waals surface area contributed by atoms with Gasteiger partial charge >= 0.3 is 6.18 Å². The number of alkyl halides is 3. The zero-order valence-corrected chi connectivity index (χ0v) is 7.32. The van der Waals surface area contributed by atoms with Gasteiger partial charge in [0, 0.05) is 0 Å². The summed E-state index contributed by atoms with van der Waals surface area (Å²) in [7, 11) is 0. The fraction of sp³-hybridized carbons (Fsp3) is 0.143. The van der Waals surface area contributed by atoms with Gasteiger partial charge in [-0.05, 0) is 12.1 Å². The Balaban J connectivity index is 2.73. The third kappa shape index (κ3) is 1.41. The monoisotopic (exact) mass is 221 g/mol. The highest BCUT2D eigenvalue weighted by atomic mass is 35.5. The van der Waals surface area contributed by atoms with Crippen molar-refractivity contribution in [1.82, 2.24) is 15.2 Å². The van der Waals surface area contributed by atoms with E-state index in [1.807, 2.05) is 5.10 Å². The van der Waals surface area contributed by atoms with Gasteiger partial charge in [0.1, 0.15) is 16.2 Å². The first-order chi connectivity index (χ1) is 6.48. The fourth-order valence-electron chi connectivity index (χ4n) is 1.07. The van der Waals surface area contributed by atoms with E-state index in [2.05, 4.69) is 10.1 Å². The number of hydrogen-bond acceptors (Lipinski definition) is 2. The first kappa shape index (κ1) is 9.26. The third-order valence-corrected chi connectivity index (χ3v) is 1.86. The van der Waals surface area contributed by atoms with Gasteiger partial charge in [-0.1, -0.05) is 11.6 Å². The molecule has 0 saturated heterocycles. The van der Waals surface area contributed by atoms with Gasteiger partial charge < -0.3 is 0 Å². The molecule has 2 heterocycles. The van der Waals surface area contributed by atoms with Crippen molar-refractivity contribution in [2.45, 2.75) is 6.18 Å². The molecule has 1 N–H and O–H groups in total. The van der Waals surface area contributed by atoms with Crippen molar-refractivity contribution in [3.63, 3.8) is 0 Å². The van der Waals surface area contributed by atoms with Crippen LogP contribution in [-0.4, -0.2) is 15.2 Å². The maximum atomic E-state index is 12.3. The summed E-state index contributed by atoms with van der Waals surface area (Å²) in [6.45, 7) is 0. The number of hydrogen-bond donors (Lipinski definition) is 1. The zero-order valence-electron chi connectivity index (χ0n) is 6.56. The molecule has 2 rings (SSSR count). The van der Waals surface area contributed by atoms with Crippen LogP contribution in [0.4, 0.5) is 13.2 Å². The van der Waals surface area contributed by atoms with E-state index in [0.717, 1.165) is 0 Å². The summed E-state index contributed by atoms with van der Waals surface area (Å²) >= 11 is 5.48. The molecule has 0 aliphatic carbocycles. The SMILES string of the molecule is FC(F)(F)c1[nH]nc2ccc(Cl)nc12. The molecule has 0 saturated carbocycles. The molecule has 0 spiro atoms. The summed E-state index contributed by atoms with van der Waals surface area (Å²) in [5.74, 6) is 0. The number of halogens is 4. The van der Waals surface area contributed by atoms with Gasteiger partial charge in [0.2, 0.25) is 0 Å². The fourth-order valence-corrected chi connectivity index (χ4v) is 1.22. The highest BCUT2D eigenvalue weighted by molar-refractivity contribution is 6.29. The average Bonchev–Trinajstić information content (AvgIpc) is 2.45. The molecule has 0 fully saturated rings.